The van der Waals surface area contributed by atoms with Crippen LogP contribution in [-0.4, -0.2) is 20.6 Å². The summed E-state index contributed by atoms with van der Waals surface area (Å²) in [5.74, 6) is -1.11. The second kappa shape index (κ2) is 4.73. The Balaban J connectivity index is 2.45. The van der Waals surface area contributed by atoms with Gasteiger partial charge in [-0.3, -0.25) is 9.36 Å². The summed E-state index contributed by atoms with van der Waals surface area (Å²) >= 11 is 1.47. The third-order valence-corrected chi connectivity index (χ3v) is 3.69. The molecule has 0 fully saturated rings. The predicted octanol–water partition coefficient (Wildman–Crippen LogP) is 1.67. The first kappa shape index (κ1) is 12.5. The van der Waals surface area contributed by atoms with Crippen molar-refractivity contribution in [1.82, 2.24) is 9.55 Å². The number of pyridine rings is 1. The second-order valence-corrected chi connectivity index (χ2v) is 5.18. The number of rotatable bonds is 3. The van der Waals surface area contributed by atoms with E-state index in [0.29, 0.717) is 0 Å². The number of nitrogens with zero attached hydrogens (tertiary/aromatic N) is 2. The molecule has 0 amide bonds. The van der Waals surface area contributed by atoms with Crippen LogP contribution >= 0.6 is 11.3 Å². The van der Waals surface area contributed by atoms with Gasteiger partial charge in [0, 0.05) is 10.9 Å². The fourth-order valence-corrected chi connectivity index (χ4v) is 2.54. The van der Waals surface area contributed by atoms with E-state index in [2.05, 4.69) is 4.98 Å². The predicted molar refractivity (Wildman–Crippen MR) is 68.4 cm³/mol. The van der Waals surface area contributed by atoms with Crippen LogP contribution < -0.4 is 5.56 Å². The number of hydrogen-bond acceptors (Lipinski definition) is 4. The monoisotopic (exact) mass is 264 g/mol. The highest BCUT2D eigenvalue weighted by molar-refractivity contribution is 7.11. The number of carboxylic acid groups (broad SMARTS) is 1. The van der Waals surface area contributed by atoms with Crippen LogP contribution in [0.4, 0.5) is 0 Å². The molecule has 18 heavy (non-hydrogen) atoms. The molecular weight excluding hydrogens is 252 g/mol. The van der Waals surface area contributed by atoms with Crippen molar-refractivity contribution in [2.24, 2.45) is 0 Å². The van der Waals surface area contributed by atoms with Gasteiger partial charge < -0.3 is 5.11 Å². The van der Waals surface area contributed by atoms with Gasteiger partial charge in [-0.15, -0.1) is 11.3 Å². The van der Waals surface area contributed by atoms with Crippen LogP contribution in [0.1, 0.15) is 26.1 Å². The van der Waals surface area contributed by atoms with Crippen LogP contribution in [0.15, 0.2) is 23.0 Å². The molecule has 2 aromatic rings. The molecule has 2 heterocycles. The lowest BCUT2D eigenvalue weighted by Gasteiger charge is -2.06. The molecule has 0 aliphatic rings. The Morgan fingerprint density at radius 2 is 2.17 bits per heavy atom. The zero-order valence-corrected chi connectivity index (χ0v) is 10.8. The van der Waals surface area contributed by atoms with E-state index in [9.17, 15) is 9.59 Å². The van der Waals surface area contributed by atoms with E-state index >= 15 is 0 Å². The molecule has 0 saturated carbocycles. The number of aromatic carboxylic acids is 1. The van der Waals surface area contributed by atoms with Crippen LogP contribution in [0.25, 0.3) is 0 Å². The van der Waals surface area contributed by atoms with Crippen LogP contribution in [-0.2, 0) is 6.54 Å². The molecule has 0 radical (unpaired) electrons. The number of carboxylic acids is 1. The molecule has 0 atom stereocenters. The first-order chi connectivity index (χ1) is 8.49. The largest absolute Gasteiger partial charge is 0.477 e. The molecule has 0 saturated heterocycles. The summed E-state index contributed by atoms with van der Waals surface area (Å²) in [5, 5.41) is 9.79. The average Bonchev–Trinajstić information content (AvgIpc) is 2.60. The Bertz CT molecular complexity index is 638. The minimum Gasteiger partial charge on any atom is -0.477 e. The number of thiazole rings is 1. The van der Waals surface area contributed by atoms with Crippen LogP contribution in [0.5, 0.6) is 0 Å². The Labute approximate surface area is 107 Å². The molecule has 0 aliphatic carbocycles. The minimum atomic E-state index is -1.11. The molecule has 0 aromatic carbocycles. The first-order valence-electron chi connectivity index (χ1n) is 5.35. The lowest BCUT2D eigenvalue weighted by atomic mass is 10.3. The van der Waals surface area contributed by atoms with E-state index in [1.165, 1.54) is 34.1 Å². The molecule has 0 spiro atoms. The molecule has 1 N–H and O–H groups in total. The number of aryl methyl sites for hydroxylation is 2. The smallest absolute Gasteiger partial charge is 0.352 e. The van der Waals surface area contributed by atoms with Gasteiger partial charge in [0.1, 0.15) is 10.7 Å². The van der Waals surface area contributed by atoms with Crippen molar-refractivity contribution < 1.29 is 9.90 Å². The molecular formula is C12H12N2O3S. The highest BCUT2D eigenvalue weighted by atomic mass is 32.1. The van der Waals surface area contributed by atoms with Crippen molar-refractivity contribution in [3.05, 3.63) is 49.8 Å². The minimum absolute atomic E-state index is 0.0204. The highest BCUT2D eigenvalue weighted by Gasteiger charge is 2.12. The van der Waals surface area contributed by atoms with Crippen molar-refractivity contribution in [2.45, 2.75) is 20.4 Å². The third kappa shape index (κ3) is 2.33. The lowest BCUT2D eigenvalue weighted by Crippen LogP contribution is -2.25. The Kier molecular flexibility index (Phi) is 3.29. The Morgan fingerprint density at radius 1 is 1.44 bits per heavy atom. The second-order valence-electron chi connectivity index (χ2n) is 3.89. The van der Waals surface area contributed by atoms with Gasteiger partial charge in [0.05, 0.1) is 12.2 Å². The average molecular weight is 264 g/mol. The van der Waals surface area contributed by atoms with Gasteiger partial charge in [0.2, 0.25) is 0 Å². The fourth-order valence-electron chi connectivity index (χ4n) is 1.61. The molecule has 5 nitrogen and oxygen atoms in total. The van der Waals surface area contributed by atoms with E-state index in [1.807, 2.05) is 13.8 Å². The molecule has 2 rings (SSSR count). The molecule has 6 heteroatoms. The quantitative estimate of drug-likeness (QED) is 0.915. The zero-order chi connectivity index (χ0) is 13.3. The maximum Gasteiger partial charge on any atom is 0.352 e. The summed E-state index contributed by atoms with van der Waals surface area (Å²) in [5.41, 5.74) is 0.560. The Hall–Kier alpha value is -1.95. The van der Waals surface area contributed by atoms with E-state index in [1.54, 1.807) is 0 Å². The van der Waals surface area contributed by atoms with Crippen LogP contribution in [0.2, 0.25) is 0 Å². The molecule has 0 aliphatic heterocycles. The zero-order valence-electron chi connectivity index (χ0n) is 10.0. The standard InChI is InChI=1S/C12H12N2O3S/c1-7-8(2)18-10(13-7)6-14-9(12(16)17)4-3-5-11(14)15/h3-5H,6H2,1-2H3,(H,16,17). The molecule has 94 valence electrons. The molecule has 0 bridgehead atoms. The van der Waals surface area contributed by atoms with Gasteiger partial charge in [-0.25, -0.2) is 9.78 Å². The summed E-state index contributed by atoms with van der Waals surface area (Å²) in [7, 11) is 0. The maximum atomic E-state index is 11.7. The summed E-state index contributed by atoms with van der Waals surface area (Å²) < 4.78 is 1.22. The SMILES string of the molecule is Cc1nc(Cn2c(C(=O)O)cccc2=O)sc1C. The number of aromatic nitrogens is 2. The summed E-state index contributed by atoms with van der Waals surface area (Å²) in [6.07, 6.45) is 0. The van der Waals surface area contributed by atoms with E-state index in [0.717, 1.165) is 15.6 Å². The first-order valence-corrected chi connectivity index (χ1v) is 6.16. The maximum absolute atomic E-state index is 11.7. The summed E-state index contributed by atoms with van der Waals surface area (Å²) in [6, 6.07) is 4.21. The van der Waals surface area contributed by atoms with Gasteiger partial charge in [-0.05, 0) is 19.9 Å². The van der Waals surface area contributed by atoms with Gasteiger partial charge in [0.25, 0.3) is 5.56 Å². The number of carbonyl (C=O) groups is 1. The highest BCUT2D eigenvalue weighted by Crippen LogP contribution is 2.17. The summed E-state index contributed by atoms with van der Waals surface area (Å²) in [6.45, 7) is 4.03. The van der Waals surface area contributed by atoms with E-state index in [4.69, 9.17) is 5.11 Å². The molecule has 2 aromatic heterocycles. The van der Waals surface area contributed by atoms with Crippen molar-refractivity contribution in [3.8, 4) is 0 Å². The van der Waals surface area contributed by atoms with Gasteiger partial charge in [0.15, 0.2) is 0 Å². The lowest BCUT2D eigenvalue weighted by molar-refractivity contribution is 0.0684. The number of hydrogen-bond donors (Lipinski definition) is 1. The fraction of sp³-hybridized carbons (Fsp3) is 0.250. The van der Waals surface area contributed by atoms with Crippen LogP contribution in [0.3, 0.4) is 0 Å². The van der Waals surface area contributed by atoms with Crippen molar-refractivity contribution in [2.75, 3.05) is 0 Å². The van der Waals surface area contributed by atoms with Gasteiger partial charge in [-0.2, -0.15) is 0 Å². The molecule has 0 unspecified atom stereocenters. The van der Waals surface area contributed by atoms with Gasteiger partial charge in [-0.1, -0.05) is 6.07 Å². The van der Waals surface area contributed by atoms with Gasteiger partial charge >= 0.3 is 5.97 Å². The topological polar surface area (TPSA) is 72.2 Å². The van der Waals surface area contributed by atoms with Crippen LogP contribution in [0, 0.1) is 13.8 Å². The summed E-state index contributed by atoms with van der Waals surface area (Å²) in [4.78, 5) is 28.2. The third-order valence-electron chi connectivity index (χ3n) is 2.64. The van der Waals surface area contributed by atoms with Crippen molar-refractivity contribution >= 4 is 17.3 Å². The van der Waals surface area contributed by atoms with E-state index in [-0.39, 0.29) is 17.8 Å². The van der Waals surface area contributed by atoms with E-state index < -0.39 is 5.97 Å². The van der Waals surface area contributed by atoms with Crippen molar-refractivity contribution in [1.29, 1.82) is 0 Å². The van der Waals surface area contributed by atoms with Crippen molar-refractivity contribution in [3.63, 3.8) is 0 Å². The Morgan fingerprint density at radius 3 is 2.72 bits per heavy atom. The normalized spacial score (nSPS) is 10.6.